The second-order valence-electron chi connectivity index (χ2n) is 3.29. The zero-order chi connectivity index (χ0) is 10.2. The van der Waals surface area contributed by atoms with Gasteiger partial charge in [-0.05, 0) is 12.8 Å². The zero-order valence-electron chi connectivity index (χ0n) is 8.29. The van der Waals surface area contributed by atoms with Crippen molar-refractivity contribution in [2.24, 2.45) is 0 Å². The van der Waals surface area contributed by atoms with Crippen LogP contribution in [0.25, 0.3) is 0 Å². The number of hydrogen-bond donors (Lipinski definition) is 3. The maximum atomic E-state index is 11.4. The molecule has 5 nitrogen and oxygen atoms in total. The highest BCUT2D eigenvalue weighted by Crippen LogP contribution is 1.95. The second kappa shape index (κ2) is 6.75. The van der Waals surface area contributed by atoms with E-state index in [4.69, 9.17) is 9.84 Å². The molecule has 1 rings (SSSR count). The normalized spacial score (nSPS) is 21.9. The molecule has 0 radical (unpaired) electrons. The van der Waals surface area contributed by atoms with Gasteiger partial charge in [-0.15, -0.1) is 0 Å². The summed E-state index contributed by atoms with van der Waals surface area (Å²) in [5, 5.41) is 14.4. The first-order valence-electron chi connectivity index (χ1n) is 5.05. The summed E-state index contributed by atoms with van der Waals surface area (Å²) < 4.78 is 5.27. The summed E-state index contributed by atoms with van der Waals surface area (Å²) in [7, 11) is 0. The van der Waals surface area contributed by atoms with Crippen molar-refractivity contribution in [3.8, 4) is 0 Å². The minimum Gasteiger partial charge on any atom is -0.396 e. The van der Waals surface area contributed by atoms with Gasteiger partial charge in [0, 0.05) is 26.2 Å². The molecule has 1 unspecified atom stereocenters. The van der Waals surface area contributed by atoms with Crippen molar-refractivity contribution >= 4 is 5.91 Å². The summed E-state index contributed by atoms with van der Waals surface area (Å²) >= 11 is 0. The number of morpholine rings is 1. The maximum absolute atomic E-state index is 11.4. The Morgan fingerprint density at radius 3 is 3.07 bits per heavy atom. The van der Waals surface area contributed by atoms with E-state index in [2.05, 4.69) is 10.6 Å². The van der Waals surface area contributed by atoms with Crippen molar-refractivity contribution < 1.29 is 14.6 Å². The van der Waals surface area contributed by atoms with Crippen molar-refractivity contribution in [1.82, 2.24) is 10.6 Å². The molecule has 1 atom stereocenters. The van der Waals surface area contributed by atoms with Gasteiger partial charge in [-0.3, -0.25) is 4.79 Å². The highest BCUT2D eigenvalue weighted by atomic mass is 16.5. The lowest BCUT2D eigenvalue weighted by Crippen LogP contribution is -2.48. The average Bonchev–Trinajstić information content (AvgIpc) is 2.25. The van der Waals surface area contributed by atoms with Gasteiger partial charge in [0.1, 0.15) is 6.10 Å². The first-order chi connectivity index (χ1) is 6.84. The van der Waals surface area contributed by atoms with Crippen molar-refractivity contribution in [3.63, 3.8) is 0 Å². The Kier molecular flexibility index (Phi) is 5.51. The van der Waals surface area contributed by atoms with E-state index >= 15 is 0 Å². The van der Waals surface area contributed by atoms with Crippen molar-refractivity contribution in [3.05, 3.63) is 0 Å². The monoisotopic (exact) mass is 202 g/mol. The largest absolute Gasteiger partial charge is 0.396 e. The van der Waals surface area contributed by atoms with Crippen LogP contribution in [0.3, 0.4) is 0 Å². The van der Waals surface area contributed by atoms with Gasteiger partial charge in [-0.1, -0.05) is 0 Å². The Morgan fingerprint density at radius 2 is 2.43 bits per heavy atom. The molecule has 1 aliphatic rings. The van der Waals surface area contributed by atoms with Crippen LogP contribution >= 0.6 is 0 Å². The van der Waals surface area contributed by atoms with E-state index in [9.17, 15) is 4.79 Å². The van der Waals surface area contributed by atoms with Gasteiger partial charge in [-0.25, -0.2) is 0 Å². The van der Waals surface area contributed by atoms with E-state index in [0.29, 0.717) is 19.7 Å². The molecule has 1 fully saturated rings. The fourth-order valence-electron chi connectivity index (χ4n) is 1.30. The molecule has 14 heavy (non-hydrogen) atoms. The highest BCUT2D eigenvalue weighted by Gasteiger charge is 2.20. The first-order valence-corrected chi connectivity index (χ1v) is 5.05. The van der Waals surface area contributed by atoms with E-state index < -0.39 is 0 Å². The SMILES string of the molecule is O=C(NCCCCO)C1CNCCO1. The number of ether oxygens (including phenoxy) is 1. The van der Waals surface area contributed by atoms with Gasteiger partial charge in [0.05, 0.1) is 6.61 Å². The van der Waals surface area contributed by atoms with Gasteiger partial charge >= 0.3 is 0 Å². The van der Waals surface area contributed by atoms with E-state index in [-0.39, 0.29) is 18.6 Å². The van der Waals surface area contributed by atoms with Crippen LogP contribution in [0.5, 0.6) is 0 Å². The minimum absolute atomic E-state index is 0.0601. The second-order valence-corrected chi connectivity index (χ2v) is 3.29. The van der Waals surface area contributed by atoms with Crippen LogP contribution in [-0.4, -0.2) is 50.0 Å². The number of amides is 1. The molecule has 0 bridgehead atoms. The lowest BCUT2D eigenvalue weighted by atomic mass is 10.2. The molecular weight excluding hydrogens is 184 g/mol. The van der Waals surface area contributed by atoms with Crippen LogP contribution in [0, 0.1) is 0 Å². The molecule has 1 amide bonds. The quantitative estimate of drug-likeness (QED) is 0.493. The number of nitrogens with one attached hydrogen (secondary N) is 2. The van der Waals surface area contributed by atoms with Crippen LogP contribution in [0.4, 0.5) is 0 Å². The van der Waals surface area contributed by atoms with Gasteiger partial charge in [-0.2, -0.15) is 0 Å². The smallest absolute Gasteiger partial charge is 0.250 e. The number of rotatable bonds is 5. The fourth-order valence-corrected chi connectivity index (χ4v) is 1.30. The van der Waals surface area contributed by atoms with Gasteiger partial charge in [0.25, 0.3) is 0 Å². The third kappa shape index (κ3) is 4.04. The Morgan fingerprint density at radius 1 is 1.57 bits per heavy atom. The Balaban J connectivity index is 2.07. The van der Waals surface area contributed by atoms with Gasteiger partial charge in [0.15, 0.2) is 0 Å². The van der Waals surface area contributed by atoms with Gasteiger partial charge in [0.2, 0.25) is 5.91 Å². The summed E-state index contributed by atoms with van der Waals surface area (Å²) in [5.41, 5.74) is 0. The summed E-state index contributed by atoms with van der Waals surface area (Å²) in [4.78, 5) is 11.4. The number of aliphatic hydroxyl groups excluding tert-OH is 1. The van der Waals surface area contributed by atoms with E-state index in [1.54, 1.807) is 0 Å². The molecule has 0 aromatic rings. The van der Waals surface area contributed by atoms with Crippen LogP contribution in [0.1, 0.15) is 12.8 Å². The third-order valence-electron chi connectivity index (χ3n) is 2.10. The Bertz CT molecular complexity index is 169. The molecule has 1 heterocycles. The summed E-state index contributed by atoms with van der Waals surface area (Å²) in [6.07, 6.45) is 1.18. The Labute approximate surface area is 83.8 Å². The standard InChI is InChI=1S/C9H18N2O3/c12-5-2-1-3-11-9(13)8-7-10-4-6-14-8/h8,10,12H,1-7H2,(H,11,13). The molecule has 82 valence electrons. The van der Waals surface area contributed by atoms with Gasteiger partial charge < -0.3 is 20.5 Å². The lowest BCUT2D eigenvalue weighted by Gasteiger charge is -2.22. The van der Waals surface area contributed by atoms with E-state index in [1.807, 2.05) is 0 Å². The number of hydrogen-bond acceptors (Lipinski definition) is 4. The molecule has 3 N–H and O–H groups in total. The van der Waals surface area contributed by atoms with Crippen LogP contribution in [0.2, 0.25) is 0 Å². The molecule has 0 saturated carbocycles. The van der Waals surface area contributed by atoms with Crippen molar-refractivity contribution in [2.45, 2.75) is 18.9 Å². The molecular formula is C9H18N2O3. The summed E-state index contributed by atoms with van der Waals surface area (Å²) in [5.74, 6) is -0.0601. The highest BCUT2D eigenvalue weighted by molar-refractivity contribution is 5.81. The van der Waals surface area contributed by atoms with Crippen LogP contribution in [-0.2, 0) is 9.53 Å². The topological polar surface area (TPSA) is 70.6 Å². The number of aliphatic hydroxyl groups is 1. The molecule has 0 aliphatic carbocycles. The van der Waals surface area contributed by atoms with Crippen molar-refractivity contribution in [1.29, 1.82) is 0 Å². The number of carbonyl (C=O) groups is 1. The molecule has 0 spiro atoms. The predicted octanol–water partition coefficient (Wildman–Crippen LogP) is -1.14. The number of carbonyl (C=O) groups excluding carboxylic acids is 1. The molecule has 0 aromatic carbocycles. The molecule has 1 saturated heterocycles. The minimum atomic E-state index is -0.349. The molecule has 1 aliphatic heterocycles. The predicted molar refractivity (Wildman–Crippen MR) is 51.9 cm³/mol. The number of unbranched alkanes of at least 4 members (excludes halogenated alkanes) is 1. The third-order valence-corrected chi connectivity index (χ3v) is 2.10. The van der Waals surface area contributed by atoms with Crippen LogP contribution in [0.15, 0.2) is 0 Å². The van der Waals surface area contributed by atoms with Crippen molar-refractivity contribution in [2.75, 3.05) is 32.8 Å². The first kappa shape index (κ1) is 11.4. The molecule has 0 aromatic heterocycles. The van der Waals surface area contributed by atoms with Crippen LogP contribution < -0.4 is 10.6 Å². The fraction of sp³-hybridized carbons (Fsp3) is 0.889. The molecule has 5 heteroatoms. The zero-order valence-corrected chi connectivity index (χ0v) is 8.29. The van der Waals surface area contributed by atoms with E-state index in [1.165, 1.54) is 0 Å². The average molecular weight is 202 g/mol. The Hall–Kier alpha value is -0.650. The summed E-state index contributed by atoms with van der Waals surface area (Å²) in [6.45, 7) is 2.78. The van der Waals surface area contributed by atoms with E-state index in [0.717, 1.165) is 19.4 Å². The maximum Gasteiger partial charge on any atom is 0.250 e. The lowest BCUT2D eigenvalue weighted by molar-refractivity contribution is -0.134. The summed E-state index contributed by atoms with van der Waals surface area (Å²) in [6, 6.07) is 0.